The molecule has 60 valence electrons. The molecule has 3 heteroatoms. The van der Waals surface area contributed by atoms with Crippen molar-refractivity contribution in [2.24, 2.45) is 0 Å². The Morgan fingerprint density at radius 2 is 1.80 bits per heavy atom. The molecule has 0 bridgehead atoms. The average Bonchev–Trinajstić information content (AvgIpc) is 1.85. The highest BCUT2D eigenvalue weighted by Crippen LogP contribution is 2.02. The maximum atomic E-state index is 5.13. The van der Waals surface area contributed by atoms with Gasteiger partial charge < -0.3 is 10.2 Å². The molecule has 0 saturated carbocycles. The van der Waals surface area contributed by atoms with Crippen LogP contribution in [0.3, 0.4) is 0 Å². The molecule has 0 aliphatic carbocycles. The summed E-state index contributed by atoms with van der Waals surface area (Å²) in [5, 5.41) is 5.41. The van der Waals surface area contributed by atoms with Gasteiger partial charge in [0.15, 0.2) is 0 Å². The maximum absolute atomic E-state index is 5.13. The maximum Gasteiger partial charge on any atom is 0.0575 e. The van der Waals surface area contributed by atoms with Crippen LogP contribution >= 0.6 is 0 Å². The van der Waals surface area contributed by atoms with Crippen molar-refractivity contribution in [1.82, 2.24) is 10.4 Å². The van der Waals surface area contributed by atoms with E-state index in [2.05, 4.69) is 19.2 Å². The lowest BCUT2D eigenvalue weighted by atomic mass is 10.2. The van der Waals surface area contributed by atoms with Gasteiger partial charge in [-0.05, 0) is 13.8 Å². The summed E-state index contributed by atoms with van der Waals surface area (Å²) < 4.78 is 0. The molecule has 0 aromatic heterocycles. The Kier molecular flexibility index (Phi) is 2.65. The second-order valence-electron chi connectivity index (χ2n) is 3.00. The lowest BCUT2D eigenvalue weighted by molar-refractivity contribution is -0.151. The van der Waals surface area contributed by atoms with Crippen molar-refractivity contribution < 1.29 is 4.84 Å². The first kappa shape index (κ1) is 7.98. The van der Waals surface area contributed by atoms with E-state index in [1.165, 1.54) is 0 Å². The molecule has 0 amide bonds. The van der Waals surface area contributed by atoms with Crippen LogP contribution in [0.1, 0.15) is 13.8 Å². The van der Waals surface area contributed by atoms with Crippen molar-refractivity contribution in [1.29, 1.82) is 0 Å². The molecule has 1 rings (SSSR count). The third kappa shape index (κ3) is 1.94. The minimum Gasteiger partial charge on any atom is -0.309 e. The van der Waals surface area contributed by atoms with Crippen LogP contribution in [0.15, 0.2) is 0 Å². The highest BCUT2D eigenvalue weighted by Gasteiger charge is 2.19. The average molecular weight is 144 g/mol. The van der Waals surface area contributed by atoms with E-state index in [-0.39, 0.29) is 0 Å². The summed E-state index contributed by atoms with van der Waals surface area (Å²) in [4.78, 5) is 5.13. The number of nitrogens with zero attached hydrogens (tertiary/aromatic N) is 1. The van der Waals surface area contributed by atoms with E-state index in [0.29, 0.717) is 12.1 Å². The van der Waals surface area contributed by atoms with Gasteiger partial charge in [0.25, 0.3) is 0 Å². The summed E-state index contributed by atoms with van der Waals surface area (Å²) in [5.74, 6) is 0. The highest BCUT2D eigenvalue weighted by atomic mass is 16.7. The predicted octanol–water partition coefficient (Wildman–Crippen LogP) is 0.230. The molecule has 3 nitrogen and oxygen atoms in total. The zero-order chi connectivity index (χ0) is 7.56. The normalized spacial score (nSPS) is 36.3. The van der Waals surface area contributed by atoms with Crippen molar-refractivity contribution >= 4 is 0 Å². The Hall–Kier alpha value is -0.120. The Labute approximate surface area is 62.3 Å². The van der Waals surface area contributed by atoms with Crippen molar-refractivity contribution in [3.05, 3.63) is 0 Å². The quantitative estimate of drug-likeness (QED) is 0.570. The second kappa shape index (κ2) is 3.32. The largest absolute Gasteiger partial charge is 0.309 e. The Bertz CT molecular complexity index is 97.8. The van der Waals surface area contributed by atoms with E-state index in [1.54, 1.807) is 7.11 Å². The van der Waals surface area contributed by atoms with Crippen LogP contribution in [0.25, 0.3) is 0 Å². The lowest BCUT2D eigenvalue weighted by Crippen LogP contribution is -2.53. The van der Waals surface area contributed by atoms with Crippen LogP contribution in [0.5, 0.6) is 0 Å². The number of piperazine rings is 1. The van der Waals surface area contributed by atoms with E-state index in [0.717, 1.165) is 13.1 Å². The van der Waals surface area contributed by atoms with Gasteiger partial charge in [-0.15, -0.1) is 0 Å². The predicted molar refractivity (Wildman–Crippen MR) is 40.6 cm³/mol. The van der Waals surface area contributed by atoms with Crippen LogP contribution in [0.2, 0.25) is 0 Å². The number of rotatable bonds is 1. The van der Waals surface area contributed by atoms with Crippen LogP contribution in [-0.2, 0) is 4.84 Å². The molecular weight excluding hydrogens is 128 g/mol. The van der Waals surface area contributed by atoms with Gasteiger partial charge in [-0.2, -0.15) is 5.06 Å². The van der Waals surface area contributed by atoms with E-state index < -0.39 is 0 Å². The molecule has 0 unspecified atom stereocenters. The molecule has 1 aliphatic heterocycles. The van der Waals surface area contributed by atoms with Gasteiger partial charge in [-0.3, -0.25) is 0 Å². The van der Waals surface area contributed by atoms with Crippen LogP contribution in [0.4, 0.5) is 0 Å². The summed E-state index contributed by atoms with van der Waals surface area (Å²) in [7, 11) is 1.73. The zero-order valence-electron chi connectivity index (χ0n) is 6.92. The lowest BCUT2D eigenvalue weighted by Gasteiger charge is -2.34. The Morgan fingerprint density at radius 1 is 1.30 bits per heavy atom. The van der Waals surface area contributed by atoms with Crippen molar-refractivity contribution in [2.45, 2.75) is 25.9 Å². The second-order valence-corrected chi connectivity index (χ2v) is 3.00. The smallest absolute Gasteiger partial charge is 0.0575 e. The highest BCUT2D eigenvalue weighted by molar-refractivity contribution is 4.76. The van der Waals surface area contributed by atoms with E-state index in [4.69, 9.17) is 4.84 Å². The molecule has 2 atom stereocenters. The zero-order valence-corrected chi connectivity index (χ0v) is 6.92. The number of hydroxylamine groups is 2. The minimum absolute atomic E-state index is 0.545. The summed E-state index contributed by atoms with van der Waals surface area (Å²) in [6.07, 6.45) is 0. The monoisotopic (exact) mass is 144 g/mol. The van der Waals surface area contributed by atoms with Gasteiger partial charge in [0.05, 0.1) is 7.11 Å². The first-order valence-corrected chi connectivity index (χ1v) is 3.77. The van der Waals surface area contributed by atoms with E-state index >= 15 is 0 Å². The number of hydrogen-bond donors (Lipinski definition) is 1. The molecule has 10 heavy (non-hydrogen) atoms. The molecule has 0 radical (unpaired) electrons. The van der Waals surface area contributed by atoms with Gasteiger partial charge in [0.2, 0.25) is 0 Å². The first-order valence-electron chi connectivity index (χ1n) is 3.77. The van der Waals surface area contributed by atoms with Crippen LogP contribution < -0.4 is 5.32 Å². The fourth-order valence-electron chi connectivity index (χ4n) is 1.43. The summed E-state index contributed by atoms with van der Waals surface area (Å²) in [6.45, 7) is 6.31. The van der Waals surface area contributed by atoms with Gasteiger partial charge in [0.1, 0.15) is 0 Å². The SMILES string of the molecule is CON1C[C@@H](C)N[C@@H](C)C1. The molecule has 1 N–H and O–H groups in total. The van der Waals surface area contributed by atoms with E-state index in [9.17, 15) is 0 Å². The Morgan fingerprint density at radius 3 is 2.20 bits per heavy atom. The summed E-state index contributed by atoms with van der Waals surface area (Å²) in [6, 6.07) is 1.09. The molecule has 0 aromatic rings. The van der Waals surface area contributed by atoms with Gasteiger partial charge in [-0.25, -0.2) is 0 Å². The van der Waals surface area contributed by atoms with Crippen LogP contribution in [-0.4, -0.2) is 37.3 Å². The molecule has 1 heterocycles. The minimum atomic E-state index is 0.545. The van der Waals surface area contributed by atoms with Crippen molar-refractivity contribution in [3.8, 4) is 0 Å². The standard InChI is InChI=1S/C7H16N2O/c1-6-4-9(10-3)5-7(2)8-6/h6-8H,4-5H2,1-3H3/t6-,7+. The summed E-state index contributed by atoms with van der Waals surface area (Å²) in [5.41, 5.74) is 0. The molecule has 0 spiro atoms. The first-order chi connectivity index (χ1) is 4.72. The van der Waals surface area contributed by atoms with Gasteiger partial charge in [-0.1, -0.05) is 0 Å². The third-order valence-corrected chi connectivity index (χ3v) is 1.78. The molecule has 1 aliphatic rings. The van der Waals surface area contributed by atoms with Crippen molar-refractivity contribution in [3.63, 3.8) is 0 Å². The fraction of sp³-hybridized carbons (Fsp3) is 1.00. The third-order valence-electron chi connectivity index (χ3n) is 1.78. The van der Waals surface area contributed by atoms with Gasteiger partial charge >= 0.3 is 0 Å². The number of nitrogens with one attached hydrogen (secondary N) is 1. The summed E-state index contributed by atoms with van der Waals surface area (Å²) >= 11 is 0. The van der Waals surface area contributed by atoms with E-state index in [1.807, 2.05) is 5.06 Å². The number of hydrogen-bond acceptors (Lipinski definition) is 3. The Balaban J connectivity index is 2.35. The molecule has 1 fully saturated rings. The van der Waals surface area contributed by atoms with Crippen LogP contribution in [0, 0.1) is 0 Å². The topological polar surface area (TPSA) is 24.5 Å². The molecule has 0 aromatic carbocycles. The molecule has 1 saturated heterocycles. The van der Waals surface area contributed by atoms with Gasteiger partial charge in [0, 0.05) is 25.2 Å². The van der Waals surface area contributed by atoms with Crippen molar-refractivity contribution in [2.75, 3.05) is 20.2 Å². The molecular formula is C7H16N2O. The fourth-order valence-corrected chi connectivity index (χ4v) is 1.43.